The molecule has 1 atom stereocenters. The number of aliphatic carboxylic acids is 1. The summed E-state index contributed by atoms with van der Waals surface area (Å²) in [5, 5.41) is 8.42. The van der Waals surface area contributed by atoms with Gasteiger partial charge in [-0.3, -0.25) is 9.35 Å². The van der Waals surface area contributed by atoms with Crippen molar-refractivity contribution in [3.8, 4) is 0 Å². The van der Waals surface area contributed by atoms with Crippen molar-refractivity contribution in [3.05, 3.63) is 19.1 Å². The molecular weight excluding hydrogens is 283 g/mol. The minimum atomic E-state index is -3.74. The normalized spacial score (nSPS) is 11.8. The third-order valence-electron chi connectivity index (χ3n) is 1.60. The van der Waals surface area contributed by atoms with Crippen LogP contribution in [0.1, 0.15) is 20.3 Å². The fraction of sp³-hybridized carbons (Fsp3) is 0.545. The van der Waals surface area contributed by atoms with Crippen molar-refractivity contribution in [3.63, 3.8) is 0 Å². The molecule has 0 amide bonds. The maximum atomic E-state index is 10.7. The quantitative estimate of drug-likeness (QED) is 0.190. The molecule has 1 unspecified atom stereocenters. The Morgan fingerprint density at radius 2 is 1.90 bits per heavy atom. The van der Waals surface area contributed by atoms with Gasteiger partial charge in [-0.15, -0.1) is 0 Å². The fourth-order valence-corrected chi connectivity index (χ4v) is 1.01. The van der Waals surface area contributed by atoms with E-state index in [1.807, 2.05) is 0 Å². The first-order chi connectivity index (χ1) is 8.64. The van der Waals surface area contributed by atoms with Gasteiger partial charge < -0.3 is 16.8 Å². The van der Waals surface area contributed by atoms with E-state index in [1.165, 1.54) is 19.1 Å². The van der Waals surface area contributed by atoms with Crippen LogP contribution in [0.15, 0.2) is 12.2 Å². The van der Waals surface area contributed by atoms with Crippen LogP contribution in [0.2, 0.25) is 0 Å². The van der Waals surface area contributed by atoms with Crippen LogP contribution in [-0.4, -0.2) is 42.4 Å². The number of carboxylic acid groups (broad SMARTS) is 1. The molecule has 0 aromatic carbocycles. The molecule has 0 aromatic heterocycles. The number of hydrogen-bond acceptors (Lipinski definition) is 5. The smallest absolute Gasteiger partial charge is 0.481 e. The first-order valence-electron chi connectivity index (χ1n) is 5.40. The maximum Gasteiger partial charge on any atom is 1.00 e. The zero-order chi connectivity index (χ0) is 15.5. The average molecular weight is 302 g/mol. The van der Waals surface area contributed by atoms with Gasteiger partial charge in [-0.1, -0.05) is 6.08 Å². The molecule has 0 bridgehead atoms. The molecule has 0 heterocycles. The first kappa shape index (κ1) is 24.2. The zero-order valence-electron chi connectivity index (χ0n) is 11.9. The summed E-state index contributed by atoms with van der Waals surface area (Å²) in [6, 6.07) is 0. The Morgan fingerprint density at radius 3 is 2.15 bits per heavy atom. The molecule has 0 fully saturated rings. The second kappa shape index (κ2) is 13.2. The molecule has 0 radical (unpaired) electrons. The maximum absolute atomic E-state index is 10.7. The van der Waals surface area contributed by atoms with E-state index < -0.39 is 28.0 Å². The summed E-state index contributed by atoms with van der Waals surface area (Å²) >= 11 is 0. The van der Waals surface area contributed by atoms with Crippen molar-refractivity contribution >= 4 is 22.1 Å². The van der Waals surface area contributed by atoms with Crippen molar-refractivity contribution < 1.29 is 51.3 Å². The molecule has 0 spiro atoms. The van der Waals surface area contributed by atoms with E-state index in [9.17, 15) is 18.0 Å². The number of carbonyl (C=O) groups is 2. The number of allylic oxidation sites excluding steroid dienone is 1. The molecule has 0 aliphatic carbocycles. The summed E-state index contributed by atoms with van der Waals surface area (Å²) in [7, 11) is -3.74. The Morgan fingerprint density at radius 1 is 1.40 bits per heavy atom. The van der Waals surface area contributed by atoms with Crippen LogP contribution in [0.4, 0.5) is 0 Å². The van der Waals surface area contributed by atoms with Gasteiger partial charge in [0.2, 0.25) is 0 Å². The van der Waals surface area contributed by atoms with Gasteiger partial charge in [-0.2, -0.15) is 14.8 Å². The monoisotopic (exact) mass is 302 g/mol. The Balaban J connectivity index is -0.000000312. The van der Waals surface area contributed by atoms with E-state index in [-0.39, 0.29) is 37.6 Å². The van der Waals surface area contributed by atoms with Crippen LogP contribution in [0.5, 0.6) is 0 Å². The Bertz CT molecular complexity index is 403. The van der Waals surface area contributed by atoms with E-state index in [1.54, 1.807) is 6.92 Å². The average Bonchev–Trinajstić information content (AvgIpc) is 2.25. The minimum Gasteiger partial charge on any atom is -0.481 e. The van der Waals surface area contributed by atoms with Gasteiger partial charge >= 0.3 is 30.8 Å². The van der Waals surface area contributed by atoms with Crippen molar-refractivity contribution in [2.24, 2.45) is 5.92 Å². The predicted octanol–water partition coefficient (Wildman–Crippen LogP) is -2.07. The summed E-state index contributed by atoms with van der Waals surface area (Å²) in [5.41, 5.74) is 0. The standard InChI is InChI=1S/C8H12O4.C3H7O3S.Li/c1-3-4-7(9)12-5-6(2)8(10)11;1-2-3-7(4,5)6;/h3-4,6H,5H2,1-2H3,(H,10,11);1-3H2,(H,4,5,6);/q;-1;+1. The summed E-state index contributed by atoms with van der Waals surface area (Å²) in [4.78, 5) is 20.9. The van der Waals surface area contributed by atoms with Crippen LogP contribution >= 0.6 is 0 Å². The molecule has 0 aromatic rings. The fourth-order valence-electron chi connectivity index (χ4n) is 0.645. The summed E-state index contributed by atoms with van der Waals surface area (Å²) < 4.78 is 32.0. The van der Waals surface area contributed by atoms with Crippen molar-refractivity contribution in [1.29, 1.82) is 0 Å². The van der Waals surface area contributed by atoms with E-state index in [2.05, 4.69) is 11.7 Å². The topological polar surface area (TPSA) is 118 Å². The molecule has 0 rings (SSSR count). The zero-order valence-corrected chi connectivity index (χ0v) is 12.7. The number of ether oxygens (including phenoxy) is 1. The molecule has 0 aliphatic rings. The molecule has 20 heavy (non-hydrogen) atoms. The van der Waals surface area contributed by atoms with Gasteiger partial charge in [0.15, 0.2) is 0 Å². The van der Waals surface area contributed by atoms with Crippen LogP contribution < -0.4 is 18.9 Å². The Kier molecular flexibility index (Phi) is 16.0. The minimum absolute atomic E-state index is 0. The van der Waals surface area contributed by atoms with Crippen LogP contribution in [0, 0.1) is 12.8 Å². The van der Waals surface area contributed by atoms with Crippen LogP contribution in [0.25, 0.3) is 0 Å². The molecule has 0 saturated carbocycles. The van der Waals surface area contributed by atoms with Gasteiger partial charge in [-0.25, -0.2) is 4.79 Å². The largest absolute Gasteiger partial charge is 1.00 e. The van der Waals surface area contributed by atoms with Crippen molar-refractivity contribution in [2.45, 2.75) is 20.3 Å². The van der Waals surface area contributed by atoms with Crippen molar-refractivity contribution in [1.82, 2.24) is 0 Å². The van der Waals surface area contributed by atoms with Crippen LogP contribution in [-0.2, 0) is 24.4 Å². The third-order valence-corrected chi connectivity index (χ3v) is 2.41. The number of hydrogen-bond donors (Lipinski definition) is 2. The molecular formula is C11H19LiO7S. The number of rotatable bonds is 6. The molecule has 7 nitrogen and oxygen atoms in total. The SMILES string of the molecule is CC=CC(=O)OCC(C)C(=O)O.[CH2-]CCS(=O)(=O)O.[Li+]. The van der Waals surface area contributed by atoms with Gasteiger partial charge in [-0.05, 0) is 13.8 Å². The van der Waals surface area contributed by atoms with Crippen LogP contribution in [0.3, 0.4) is 0 Å². The summed E-state index contributed by atoms with van der Waals surface area (Å²) in [5.74, 6) is -2.37. The second-order valence-electron chi connectivity index (χ2n) is 3.51. The van der Waals surface area contributed by atoms with E-state index in [0.29, 0.717) is 0 Å². The molecule has 9 heteroatoms. The van der Waals surface area contributed by atoms with Crippen molar-refractivity contribution in [2.75, 3.05) is 12.4 Å². The second-order valence-corrected chi connectivity index (χ2v) is 5.08. The predicted molar refractivity (Wildman–Crippen MR) is 69.0 cm³/mol. The number of carboxylic acids is 1. The summed E-state index contributed by atoms with van der Waals surface area (Å²) in [6.45, 7) is 6.31. The van der Waals surface area contributed by atoms with E-state index in [4.69, 9.17) is 9.66 Å². The molecule has 0 aliphatic heterocycles. The van der Waals surface area contributed by atoms with E-state index >= 15 is 0 Å². The molecule has 0 saturated heterocycles. The third kappa shape index (κ3) is 19.5. The van der Waals surface area contributed by atoms with Gasteiger partial charge in [0, 0.05) is 11.8 Å². The van der Waals surface area contributed by atoms with Gasteiger partial charge in [0.1, 0.15) is 6.61 Å². The number of esters is 1. The Hall–Kier alpha value is -0.813. The van der Waals surface area contributed by atoms with E-state index in [0.717, 1.165) is 0 Å². The van der Waals surface area contributed by atoms with Gasteiger partial charge in [0.05, 0.1) is 5.92 Å². The summed E-state index contributed by atoms with van der Waals surface area (Å²) in [6.07, 6.45) is 3.00. The first-order valence-corrected chi connectivity index (χ1v) is 7.01. The number of carbonyl (C=O) groups excluding carboxylic acids is 1. The molecule has 112 valence electrons. The van der Waals surface area contributed by atoms with Gasteiger partial charge in [0.25, 0.3) is 10.1 Å². The molecule has 2 N–H and O–H groups in total. The Labute approximate surface area is 131 Å².